The second kappa shape index (κ2) is 4.52. The van der Waals surface area contributed by atoms with Crippen molar-refractivity contribution in [2.45, 2.75) is 44.4 Å². The number of nitrogens with one attached hydrogen (secondary N) is 1. The van der Waals surface area contributed by atoms with Gasteiger partial charge in [-0.25, -0.2) is 0 Å². The number of benzene rings is 1. The summed E-state index contributed by atoms with van der Waals surface area (Å²) in [6, 6.07) is 6.69. The minimum atomic E-state index is 0.0935. The molecule has 1 amide bonds. The monoisotopic (exact) mass is 229 g/mol. The summed E-state index contributed by atoms with van der Waals surface area (Å²) in [5.41, 5.74) is 4.20. The smallest absolute Gasteiger partial charge is 0.227 e. The van der Waals surface area contributed by atoms with Crippen LogP contribution in [0.25, 0.3) is 0 Å². The lowest BCUT2D eigenvalue weighted by Gasteiger charge is -2.24. The molecule has 0 saturated carbocycles. The maximum absolute atomic E-state index is 11.9. The fourth-order valence-electron chi connectivity index (χ4n) is 3.06. The molecule has 17 heavy (non-hydrogen) atoms. The van der Waals surface area contributed by atoms with Crippen LogP contribution in [0, 0.1) is 0 Å². The Morgan fingerprint density at radius 1 is 1.06 bits per heavy atom. The lowest BCUT2D eigenvalue weighted by Crippen LogP contribution is -2.35. The number of rotatable bonds is 1. The minimum Gasteiger partial charge on any atom is -0.356 e. The molecule has 0 bridgehead atoms. The van der Waals surface area contributed by atoms with Gasteiger partial charge in [0, 0.05) is 6.54 Å². The van der Waals surface area contributed by atoms with Crippen molar-refractivity contribution >= 4 is 5.91 Å². The molecule has 2 aliphatic rings. The molecular formula is C15H19NO. The Balaban J connectivity index is 1.89. The van der Waals surface area contributed by atoms with E-state index in [1.54, 1.807) is 0 Å². The van der Waals surface area contributed by atoms with Crippen LogP contribution in [0.5, 0.6) is 0 Å². The van der Waals surface area contributed by atoms with Crippen LogP contribution in [0.15, 0.2) is 18.2 Å². The SMILES string of the molecule is O=C1NCCCC1c1ccc2c(c1)CCCC2. The van der Waals surface area contributed by atoms with Crippen molar-refractivity contribution in [1.29, 1.82) is 0 Å². The predicted molar refractivity (Wildman–Crippen MR) is 68.1 cm³/mol. The number of carbonyl (C=O) groups is 1. The summed E-state index contributed by atoms with van der Waals surface area (Å²) >= 11 is 0. The van der Waals surface area contributed by atoms with E-state index in [1.807, 2.05) is 0 Å². The van der Waals surface area contributed by atoms with Crippen molar-refractivity contribution in [3.63, 3.8) is 0 Å². The van der Waals surface area contributed by atoms with Crippen LogP contribution in [0.3, 0.4) is 0 Å². The largest absolute Gasteiger partial charge is 0.356 e. The zero-order chi connectivity index (χ0) is 11.7. The van der Waals surface area contributed by atoms with Crippen LogP contribution < -0.4 is 5.32 Å². The van der Waals surface area contributed by atoms with E-state index in [0.29, 0.717) is 0 Å². The highest BCUT2D eigenvalue weighted by atomic mass is 16.1. The minimum absolute atomic E-state index is 0.0935. The van der Waals surface area contributed by atoms with Gasteiger partial charge >= 0.3 is 0 Å². The number of amides is 1. The third kappa shape index (κ3) is 2.08. The maximum Gasteiger partial charge on any atom is 0.227 e. The fourth-order valence-corrected chi connectivity index (χ4v) is 3.06. The van der Waals surface area contributed by atoms with Gasteiger partial charge in [-0.05, 0) is 55.2 Å². The highest BCUT2D eigenvalue weighted by Gasteiger charge is 2.24. The number of fused-ring (bicyclic) bond motifs is 1. The van der Waals surface area contributed by atoms with E-state index < -0.39 is 0 Å². The molecule has 1 saturated heterocycles. The molecule has 0 spiro atoms. The Bertz CT molecular complexity index is 439. The molecule has 2 nitrogen and oxygen atoms in total. The summed E-state index contributed by atoms with van der Waals surface area (Å²) in [5, 5.41) is 2.97. The molecule has 1 fully saturated rings. The molecule has 1 N–H and O–H groups in total. The Kier molecular flexibility index (Phi) is 2.87. The van der Waals surface area contributed by atoms with Gasteiger partial charge in [0.05, 0.1) is 5.92 Å². The Labute approximate surface area is 102 Å². The first-order chi connectivity index (χ1) is 8.34. The van der Waals surface area contributed by atoms with Crippen molar-refractivity contribution in [2.75, 3.05) is 6.54 Å². The van der Waals surface area contributed by atoms with Gasteiger partial charge in [-0.15, -0.1) is 0 Å². The summed E-state index contributed by atoms with van der Waals surface area (Å²) in [4.78, 5) is 11.9. The van der Waals surface area contributed by atoms with E-state index in [4.69, 9.17) is 0 Å². The number of carbonyl (C=O) groups excluding carboxylic acids is 1. The maximum atomic E-state index is 11.9. The summed E-state index contributed by atoms with van der Waals surface area (Å²) in [7, 11) is 0. The van der Waals surface area contributed by atoms with Crippen LogP contribution >= 0.6 is 0 Å². The van der Waals surface area contributed by atoms with Crippen LogP contribution in [0.1, 0.15) is 48.3 Å². The first-order valence-electron chi connectivity index (χ1n) is 6.74. The quantitative estimate of drug-likeness (QED) is 0.788. The van der Waals surface area contributed by atoms with Gasteiger partial charge in [0.15, 0.2) is 0 Å². The Morgan fingerprint density at radius 3 is 2.71 bits per heavy atom. The number of aryl methyl sites for hydroxylation is 2. The summed E-state index contributed by atoms with van der Waals surface area (Å²) < 4.78 is 0. The van der Waals surface area contributed by atoms with Crippen molar-refractivity contribution in [3.05, 3.63) is 34.9 Å². The molecule has 1 aliphatic carbocycles. The third-order valence-corrected chi connectivity index (χ3v) is 4.06. The molecule has 1 atom stereocenters. The first kappa shape index (κ1) is 10.8. The Morgan fingerprint density at radius 2 is 1.88 bits per heavy atom. The van der Waals surface area contributed by atoms with Crippen molar-refractivity contribution in [2.24, 2.45) is 0 Å². The number of piperidine rings is 1. The molecule has 90 valence electrons. The molecule has 2 heteroatoms. The third-order valence-electron chi connectivity index (χ3n) is 4.06. The molecule has 1 heterocycles. The van der Waals surface area contributed by atoms with E-state index in [1.165, 1.54) is 42.4 Å². The van der Waals surface area contributed by atoms with Gasteiger partial charge in [0.1, 0.15) is 0 Å². The van der Waals surface area contributed by atoms with Gasteiger partial charge in [-0.3, -0.25) is 4.79 Å². The average molecular weight is 229 g/mol. The number of hydrogen-bond donors (Lipinski definition) is 1. The first-order valence-corrected chi connectivity index (χ1v) is 6.74. The molecule has 0 aromatic heterocycles. The van der Waals surface area contributed by atoms with E-state index in [0.717, 1.165) is 19.4 Å². The van der Waals surface area contributed by atoms with E-state index >= 15 is 0 Å². The van der Waals surface area contributed by atoms with Crippen molar-refractivity contribution < 1.29 is 4.79 Å². The van der Waals surface area contributed by atoms with Gasteiger partial charge in [-0.2, -0.15) is 0 Å². The fraction of sp³-hybridized carbons (Fsp3) is 0.533. The average Bonchev–Trinajstić information content (AvgIpc) is 2.39. The van der Waals surface area contributed by atoms with Crippen LogP contribution in [0.2, 0.25) is 0 Å². The van der Waals surface area contributed by atoms with E-state index in [2.05, 4.69) is 23.5 Å². The molecular weight excluding hydrogens is 210 g/mol. The van der Waals surface area contributed by atoms with Gasteiger partial charge < -0.3 is 5.32 Å². The summed E-state index contributed by atoms with van der Waals surface area (Å²) in [6.07, 6.45) is 7.13. The van der Waals surface area contributed by atoms with Crippen LogP contribution in [0.4, 0.5) is 0 Å². The van der Waals surface area contributed by atoms with Crippen LogP contribution in [-0.2, 0) is 17.6 Å². The van der Waals surface area contributed by atoms with Crippen LogP contribution in [-0.4, -0.2) is 12.5 Å². The van der Waals surface area contributed by atoms with Crippen molar-refractivity contribution in [3.8, 4) is 0 Å². The summed E-state index contributed by atoms with van der Waals surface area (Å²) in [6.45, 7) is 0.847. The van der Waals surface area contributed by atoms with Gasteiger partial charge in [0.25, 0.3) is 0 Å². The lowest BCUT2D eigenvalue weighted by atomic mass is 9.85. The highest BCUT2D eigenvalue weighted by Crippen LogP contribution is 2.29. The Hall–Kier alpha value is -1.31. The second-order valence-electron chi connectivity index (χ2n) is 5.22. The molecule has 3 rings (SSSR count). The number of hydrogen-bond acceptors (Lipinski definition) is 1. The summed E-state index contributed by atoms with van der Waals surface area (Å²) in [5.74, 6) is 0.308. The highest BCUT2D eigenvalue weighted by molar-refractivity contribution is 5.84. The standard InChI is InChI=1S/C15H19NO/c17-15-14(6-3-9-16-15)13-8-7-11-4-1-2-5-12(11)10-13/h7-8,10,14H,1-6,9H2,(H,16,17). The predicted octanol–water partition coefficient (Wildman–Crippen LogP) is 2.56. The molecule has 0 radical (unpaired) electrons. The van der Waals surface area contributed by atoms with Crippen molar-refractivity contribution in [1.82, 2.24) is 5.32 Å². The second-order valence-corrected chi connectivity index (χ2v) is 5.22. The molecule has 1 aromatic carbocycles. The van der Waals surface area contributed by atoms with Gasteiger partial charge in [-0.1, -0.05) is 18.2 Å². The molecule has 1 aromatic rings. The van der Waals surface area contributed by atoms with Gasteiger partial charge in [0.2, 0.25) is 5.91 Å². The van der Waals surface area contributed by atoms with E-state index in [-0.39, 0.29) is 11.8 Å². The van der Waals surface area contributed by atoms with E-state index in [9.17, 15) is 4.79 Å². The zero-order valence-corrected chi connectivity index (χ0v) is 10.2. The topological polar surface area (TPSA) is 29.1 Å². The normalized spacial score (nSPS) is 24.0. The molecule has 1 unspecified atom stereocenters. The lowest BCUT2D eigenvalue weighted by molar-refractivity contribution is -0.123. The zero-order valence-electron chi connectivity index (χ0n) is 10.2. The molecule has 1 aliphatic heterocycles.